The zero-order valence-electron chi connectivity index (χ0n) is 9.30. The second-order valence-electron chi connectivity index (χ2n) is 3.92. The van der Waals surface area contributed by atoms with Gasteiger partial charge in [0.2, 0.25) is 5.91 Å². The summed E-state index contributed by atoms with van der Waals surface area (Å²) in [6, 6.07) is 5.98. The van der Waals surface area contributed by atoms with Gasteiger partial charge in [0.1, 0.15) is 0 Å². The minimum Gasteiger partial charge on any atom is -0.352 e. The molecular formula is C12H16ClNO. The molecule has 1 aromatic rings. The number of hydrogen-bond donors (Lipinski definition) is 1. The first-order valence-electron chi connectivity index (χ1n) is 5.03. The quantitative estimate of drug-likeness (QED) is 0.842. The summed E-state index contributed by atoms with van der Waals surface area (Å²) in [6.07, 6.45) is 0. The largest absolute Gasteiger partial charge is 0.352 e. The van der Waals surface area contributed by atoms with E-state index in [2.05, 4.69) is 19.2 Å². The molecule has 0 aliphatic heterocycles. The first-order valence-corrected chi connectivity index (χ1v) is 5.41. The second kappa shape index (κ2) is 5.17. The molecule has 0 heterocycles. The average molecular weight is 226 g/mol. The fourth-order valence-electron chi connectivity index (χ4n) is 1.29. The van der Waals surface area contributed by atoms with Crippen LogP contribution in [0, 0.1) is 0 Å². The van der Waals surface area contributed by atoms with Gasteiger partial charge in [0.05, 0.1) is 0 Å². The lowest BCUT2D eigenvalue weighted by molar-refractivity contribution is -0.119. The number of benzene rings is 1. The van der Waals surface area contributed by atoms with Crippen LogP contribution in [0.4, 0.5) is 0 Å². The highest BCUT2D eigenvalue weighted by atomic mass is 35.5. The van der Waals surface area contributed by atoms with Crippen molar-refractivity contribution in [3.8, 4) is 0 Å². The molecule has 0 unspecified atom stereocenters. The Morgan fingerprint density at radius 1 is 1.47 bits per heavy atom. The van der Waals surface area contributed by atoms with Crippen molar-refractivity contribution in [2.75, 3.05) is 0 Å². The SMILES string of the molecule is CC(=O)NCc1ccc(C(C)C)cc1Cl. The number of nitrogens with one attached hydrogen (secondary N) is 1. The van der Waals surface area contributed by atoms with E-state index in [1.807, 2.05) is 18.2 Å². The van der Waals surface area contributed by atoms with Crippen LogP contribution in [-0.4, -0.2) is 5.91 Å². The fraction of sp³-hybridized carbons (Fsp3) is 0.417. The maximum absolute atomic E-state index is 10.7. The van der Waals surface area contributed by atoms with Crippen molar-refractivity contribution in [2.24, 2.45) is 0 Å². The molecular weight excluding hydrogens is 210 g/mol. The Morgan fingerprint density at radius 3 is 2.60 bits per heavy atom. The number of amides is 1. The third-order valence-corrected chi connectivity index (χ3v) is 2.62. The molecule has 0 bridgehead atoms. The third-order valence-electron chi connectivity index (χ3n) is 2.27. The highest BCUT2D eigenvalue weighted by molar-refractivity contribution is 6.31. The van der Waals surface area contributed by atoms with Crippen LogP contribution in [0.25, 0.3) is 0 Å². The second-order valence-corrected chi connectivity index (χ2v) is 4.32. The lowest BCUT2D eigenvalue weighted by atomic mass is 10.0. The van der Waals surface area contributed by atoms with E-state index < -0.39 is 0 Å². The number of carbonyl (C=O) groups is 1. The predicted octanol–water partition coefficient (Wildman–Crippen LogP) is 3.10. The molecule has 82 valence electrons. The molecule has 0 aromatic heterocycles. The van der Waals surface area contributed by atoms with Crippen LogP contribution in [0.3, 0.4) is 0 Å². The summed E-state index contributed by atoms with van der Waals surface area (Å²) in [7, 11) is 0. The molecule has 1 rings (SSSR count). The van der Waals surface area contributed by atoms with Crippen molar-refractivity contribution in [1.82, 2.24) is 5.32 Å². The Bertz CT molecular complexity index is 361. The van der Waals surface area contributed by atoms with Gasteiger partial charge in [-0.2, -0.15) is 0 Å². The Morgan fingerprint density at radius 2 is 2.13 bits per heavy atom. The molecule has 1 aromatic carbocycles. The van der Waals surface area contributed by atoms with E-state index in [1.165, 1.54) is 12.5 Å². The lowest BCUT2D eigenvalue weighted by Gasteiger charge is -2.09. The summed E-state index contributed by atoms with van der Waals surface area (Å²) in [5.74, 6) is 0.427. The van der Waals surface area contributed by atoms with E-state index in [-0.39, 0.29) is 5.91 Å². The summed E-state index contributed by atoms with van der Waals surface area (Å²) in [5.41, 5.74) is 2.17. The molecule has 15 heavy (non-hydrogen) atoms. The summed E-state index contributed by atoms with van der Waals surface area (Å²) in [4.78, 5) is 10.7. The van der Waals surface area contributed by atoms with E-state index in [0.717, 1.165) is 10.6 Å². The van der Waals surface area contributed by atoms with Gasteiger partial charge in [-0.3, -0.25) is 4.79 Å². The smallest absolute Gasteiger partial charge is 0.217 e. The molecule has 1 amide bonds. The summed E-state index contributed by atoms with van der Waals surface area (Å²) >= 11 is 6.11. The van der Waals surface area contributed by atoms with Crippen molar-refractivity contribution >= 4 is 17.5 Å². The summed E-state index contributed by atoms with van der Waals surface area (Å²) < 4.78 is 0. The van der Waals surface area contributed by atoms with Gasteiger partial charge in [0, 0.05) is 18.5 Å². The zero-order valence-corrected chi connectivity index (χ0v) is 10.1. The van der Waals surface area contributed by atoms with Crippen molar-refractivity contribution in [3.05, 3.63) is 34.3 Å². The zero-order chi connectivity index (χ0) is 11.4. The standard InChI is InChI=1S/C12H16ClNO/c1-8(2)10-4-5-11(12(13)6-10)7-14-9(3)15/h4-6,8H,7H2,1-3H3,(H,14,15). The molecule has 3 heteroatoms. The highest BCUT2D eigenvalue weighted by Crippen LogP contribution is 2.22. The Hall–Kier alpha value is -1.02. The summed E-state index contributed by atoms with van der Waals surface area (Å²) in [6.45, 7) is 6.24. The fourth-order valence-corrected chi connectivity index (χ4v) is 1.54. The van der Waals surface area contributed by atoms with Gasteiger partial charge in [-0.25, -0.2) is 0 Å². The van der Waals surface area contributed by atoms with Crippen LogP contribution in [0.15, 0.2) is 18.2 Å². The first-order chi connectivity index (χ1) is 7.00. The van der Waals surface area contributed by atoms with Gasteiger partial charge in [-0.1, -0.05) is 37.6 Å². The molecule has 0 fully saturated rings. The monoisotopic (exact) mass is 225 g/mol. The maximum atomic E-state index is 10.7. The topological polar surface area (TPSA) is 29.1 Å². The molecule has 0 atom stereocenters. The molecule has 1 N–H and O–H groups in total. The number of hydrogen-bond acceptors (Lipinski definition) is 1. The predicted molar refractivity (Wildman–Crippen MR) is 63.1 cm³/mol. The first kappa shape index (κ1) is 12.1. The van der Waals surface area contributed by atoms with Gasteiger partial charge >= 0.3 is 0 Å². The van der Waals surface area contributed by atoms with Crippen LogP contribution in [0.2, 0.25) is 5.02 Å². The number of rotatable bonds is 3. The van der Waals surface area contributed by atoms with E-state index in [9.17, 15) is 4.79 Å². The van der Waals surface area contributed by atoms with Gasteiger partial charge in [-0.05, 0) is 23.1 Å². The molecule has 0 saturated heterocycles. The van der Waals surface area contributed by atoms with Crippen molar-refractivity contribution in [3.63, 3.8) is 0 Å². The molecule has 0 radical (unpaired) electrons. The van der Waals surface area contributed by atoms with Gasteiger partial charge in [0.15, 0.2) is 0 Å². The molecule has 2 nitrogen and oxygen atoms in total. The number of halogens is 1. The molecule has 0 saturated carbocycles. The van der Waals surface area contributed by atoms with Gasteiger partial charge in [0.25, 0.3) is 0 Å². The van der Waals surface area contributed by atoms with Crippen LogP contribution in [0.1, 0.15) is 37.8 Å². The van der Waals surface area contributed by atoms with Crippen molar-refractivity contribution in [1.29, 1.82) is 0 Å². The van der Waals surface area contributed by atoms with Crippen molar-refractivity contribution < 1.29 is 4.79 Å². The van der Waals surface area contributed by atoms with Crippen LogP contribution in [0.5, 0.6) is 0 Å². The normalized spacial score (nSPS) is 10.5. The minimum absolute atomic E-state index is 0.0426. The van der Waals surface area contributed by atoms with Gasteiger partial charge in [-0.15, -0.1) is 0 Å². The maximum Gasteiger partial charge on any atom is 0.217 e. The van der Waals surface area contributed by atoms with Gasteiger partial charge < -0.3 is 5.32 Å². The van der Waals surface area contributed by atoms with E-state index in [1.54, 1.807) is 0 Å². The summed E-state index contributed by atoms with van der Waals surface area (Å²) in [5, 5.41) is 3.45. The lowest BCUT2D eigenvalue weighted by Crippen LogP contribution is -2.19. The van der Waals surface area contributed by atoms with E-state index >= 15 is 0 Å². The Kier molecular flexibility index (Phi) is 4.15. The Labute approximate surface area is 95.6 Å². The van der Waals surface area contributed by atoms with E-state index in [4.69, 9.17) is 11.6 Å². The molecule has 0 spiro atoms. The van der Waals surface area contributed by atoms with Crippen LogP contribution >= 0.6 is 11.6 Å². The average Bonchev–Trinajstić information content (AvgIpc) is 2.15. The van der Waals surface area contributed by atoms with Crippen LogP contribution in [-0.2, 0) is 11.3 Å². The Balaban J connectivity index is 2.79. The molecule has 0 aliphatic rings. The highest BCUT2D eigenvalue weighted by Gasteiger charge is 2.04. The minimum atomic E-state index is -0.0426. The third kappa shape index (κ3) is 3.56. The van der Waals surface area contributed by atoms with E-state index in [0.29, 0.717) is 12.5 Å². The van der Waals surface area contributed by atoms with Crippen molar-refractivity contribution in [2.45, 2.75) is 33.2 Å². The molecule has 0 aliphatic carbocycles. The number of carbonyl (C=O) groups excluding carboxylic acids is 1. The van der Waals surface area contributed by atoms with Crippen LogP contribution < -0.4 is 5.32 Å².